The van der Waals surface area contributed by atoms with Crippen LogP contribution in [-0.4, -0.2) is 10.9 Å². The summed E-state index contributed by atoms with van der Waals surface area (Å²) >= 11 is 3.71. The lowest BCUT2D eigenvalue weighted by Gasteiger charge is -2.60. The summed E-state index contributed by atoms with van der Waals surface area (Å²) in [4.78, 5) is 0. The fourth-order valence-electron chi connectivity index (χ4n) is 4.68. The zero-order valence-electron chi connectivity index (χ0n) is 8.06. The molecule has 0 amide bonds. The molecule has 0 spiro atoms. The van der Waals surface area contributed by atoms with Crippen LogP contribution in [0.25, 0.3) is 0 Å². The van der Waals surface area contributed by atoms with Crippen LogP contribution in [0.15, 0.2) is 0 Å². The van der Waals surface area contributed by atoms with Crippen molar-refractivity contribution in [3.63, 3.8) is 0 Å². The second kappa shape index (κ2) is 2.52. The normalized spacial score (nSPS) is 58.6. The summed E-state index contributed by atoms with van der Waals surface area (Å²) in [5.74, 6) is 1.92. The third-order valence-electron chi connectivity index (χ3n) is 4.51. The molecule has 4 saturated carbocycles. The molecule has 74 valence electrons. The Morgan fingerprint density at radius 1 is 1.15 bits per heavy atom. The molecule has 0 heterocycles. The highest BCUT2D eigenvalue weighted by Crippen LogP contribution is 2.61. The maximum absolute atomic E-state index is 6.46. The first kappa shape index (κ1) is 8.72. The lowest BCUT2D eigenvalue weighted by molar-refractivity contribution is -0.0529. The molecule has 4 fully saturated rings. The minimum atomic E-state index is 0.234. The van der Waals surface area contributed by atoms with E-state index in [4.69, 9.17) is 5.73 Å². The van der Waals surface area contributed by atoms with Gasteiger partial charge in [0.05, 0.1) is 0 Å². The molecule has 4 bridgehead atoms. The Bertz CT molecular complexity index is 224. The van der Waals surface area contributed by atoms with Crippen LogP contribution in [0, 0.1) is 17.3 Å². The van der Waals surface area contributed by atoms with Crippen LogP contribution in [0.2, 0.25) is 0 Å². The Labute approximate surface area is 88.6 Å². The Morgan fingerprint density at radius 3 is 2.23 bits per heavy atom. The fraction of sp³-hybridized carbons (Fsp3) is 1.00. The van der Waals surface area contributed by atoms with Crippen molar-refractivity contribution in [2.75, 3.05) is 5.33 Å². The van der Waals surface area contributed by atoms with Gasteiger partial charge in [0, 0.05) is 10.9 Å². The maximum atomic E-state index is 6.46. The molecule has 13 heavy (non-hydrogen) atoms. The van der Waals surface area contributed by atoms with Crippen molar-refractivity contribution in [2.24, 2.45) is 23.0 Å². The first-order valence-electron chi connectivity index (χ1n) is 5.48. The minimum Gasteiger partial charge on any atom is -0.325 e. The molecular formula is C11H18BrN. The second-order valence-corrected chi connectivity index (χ2v) is 6.52. The van der Waals surface area contributed by atoms with E-state index in [1.165, 1.54) is 43.9 Å². The molecule has 0 aliphatic heterocycles. The molecule has 0 saturated heterocycles. The van der Waals surface area contributed by atoms with E-state index in [2.05, 4.69) is 15.9 Å². The molecule has 0 aromatic carbocycles. The average Bonchev–Trinajstić information content (AvgIpc) is 1.99. The van der Waals surface area contributed by atoms with E-state index in [0.717, 1.165) is 11.8 Å². The van der Waals surface area contributed by atoms with Gasteiger partial charge in [0.2, 0.25) is 0 Å². The number of hydrogen-bond donors (Lipinski definition) is 1. The highest BCUT2D eigenvalue weighted by molar-refractivity contribution is 9.09. The van der Waals surface area contributed by atoms with Crippen LogP contribution in [0.5, 0.6) is 0 Å². The van der Waals surface area contributed by atoms with Crippen molar-refractivity contribution in [1.82, 2.24) is 0 Å². The molecule has 0 aromatic heterocycles. The van der Waals surface area contributed by atoms with Gasteiger partial charge >= 0.3 is 0 Å². The van der Waals surface area contributed by atoms with Gasteiger partial charge in [0.1, 0.15) is 0 Å². The first-order valence-corrected chi connectivity index (χ1v) is 6.60. The third kappa shape index (κ3) is 1.21. The second-order valence-electron chi connectivity index (χ2n) is 5.96. The predicted octanol–water partition coefficient (Wildman–Crippen LogP) is 2.68. The van der Waals surface area contributed by atoms with E-state index in [1.54, 1.807) is 0 Å². The Hall–Kier alpha value is 0.440. The zero-order valence-corrected chi connectivity index (χ0v) is 9.65. The Kier molecular flexibility index (Phi) is 1.69. The van der Waals surface area contributed by atoms with Crippen LogP contribution in [-0.2, 0) is 0 Å². The van der Waals surface area contributed by atoms with Gasteiger partial charge in [-0.1, -0.05) is 15.9 Å². The molecule has 4 aliphatic rings. The maximum Gasteiger partial charge on any atom is 0.0165 e. The fourth-order valence-corrected chi connectivity index (χ4v) is 5.34. The number of nitrogens with two attached hydrogens (primary N) is 1. The van der Waals surface area contributed by atoms with Gasteiger partial charge in [-0.3, -0.25) is 0 Å². The summed E-state index contributed by atoms with van der Waals surface area (Å²) < 4.78 is 0. The summed E-state index contributed by atoms with van der Waals surface area (Å²) in [6.45, 7) is 0. The lowest BCUT2D eigenvalue weighted by Crippen LogP contribution is -2.60. The molecular weight excluding hydrogens is 226 g/mol. The minimum absolute atomic E-state index is 0.234. The predicted molar refractivity (Wildman–Crippen MR) is 57.8 cm³/mol. The van der Waals surface area contributed by atoms with Gasteiger partial charge in [-0.05, 0) is 55.8 Å². The van der Waals surface area contributed by atoms with E-state index < -0.39 is 0 Å². The molecule has 1 nitrogen and oxygen atoms in total. The molecule has 4 rings (SSSR count). The van der Waals surface area contributed by atoms with Gasteiger partial charge in [-0.15, -0.1) is 0 Å². The van der Waals surface area contributed by atoms with Gasteiger partial charge in [0.15, 0.2) is 0 Å². The molecule has 0 aromatic rings. The monoisotopic (exact) mass is 243 g/mol. The van der Waals surface area contributed by atoms with Crippen molar-refractivity contribution >= 4 is 15.9 Å². The summed E-state index contributed by atoms with van der Waals surface area (Å²) in [7, 11) is 0. The van der Waals surface area contributed by atoms with Gasteiger partial charge < -0.3 is 5.73 Å². The van der Waals surface area contributed by atoms with E-state index >= 15 is 0 Å². The summed E-state index contributed by atoms with van der Waals surface area (Å²) in [6.07, 6.45) is 8.31. The van der Waals surface area contributed by atoms with Crippen LogP contribution in [0.4, 0.5) is 0 Å². The van der Waals surface area contributed by atoms with Crippen molar-refractivity contribution in [3.8, 4) is 0 Å². The van der Waals surface area contributed by atoms with Crippen molar-refractivity contribution in [1.29, 1.82) is 0 Å². The first-order chi connectivity index (χ1) is 6.13. The molecule has 2 heteroatoms. The Balaban J connectivity index is 1.95. The number of rotatable bonds is 1. The lowest BCUT2D eigenvalue weighted by atomic mass is 9.48. The van der Waals surface area contributed by atoms with Crippen LogP contribution in [0.3, 0.4) is 0 Å². The smallest absolute Gasteiger partial charge is 0.0165 e. The molecule has 2 unspecified atom stereocenters. The molecule has 0 radical (unpaired) electrons. The standard InChI is InChI=1S/C11H18BrN/c12-7-10-2-8-1-9(3-10)5-11(13,4-8)6-10/h8-9H,1-7,13H2/t8-,9+,10?,11?. The van der Waals surface area contributed by atoms with Gasteiger partial charge in [-0.25, -0.2) is 0 Å². The van der Waals surface area contributed by atoms with E-state index in [9.17, 15) is 0 Å². The molecule has 4 atom stereocenters. The SMILES string of the molecule is NC12C[C@H]3C[C@@H](C1)CC(CBr)(C3)C2. The van der Waals surface area contributed by atoms with E-state index in [-0.39, 0.29) is 5.54 Å². The van der Waals surface area contributed by atoms with Gasteiger partial charge in [-0.2, -0.15) is 0 Å². The quantitative estimate of drug-likeness (QED) is 0.705. The van der Waals surface area contributed by atoms with E-state index in [0.29, 0.717) is 5.41 Å². The topological polar surface area (TPSA) is 26.0 Å². The summed E-state index contributed by atoms with van der Waals surface area (Å²) in [5.41, 5.74) is 7.29. The van der Waals surface area contributed by atoms with Crippen LogP contribution in [0.1, 0.15) is 38.5 Å². The average molecular weight is 244 g/mol. The molecule has 2 N–H and O–H groups in total. The van der Waals surface area contributed by atoms with Gasteiger partial charge in [0.25, 0.3) is 0 Å². The summed E-state index contributed by atoms with van der Waals surface area (Å²) in [5, 5.41) is 1.19. The van der Waals surface area contributed by atoms with Crippen LogP contribution >= 0.6 is 15.9 Å². The largest absolute Gasteiger partial charge is 0.325 e. The van der Waals surface area contributed by atoms with Crippen molar-refractivity contribution < 1.29 is 0 Å². The highest BCUT2D eigenvalue weighted by atomic mass is 79.9. The number of alkyl halides is 1. The third-order valence-corrected chi connectivity index (χ3v) is 5.70. The van der Waals surface area contributed by atoms with Crippen LogP contribution < -0.4 is 5.73 Å². The Morgan fingerprint density at radius 2 is 1.77 bits per heavy atom. The number of halogens is 1. The van der Waals surface area contributed by atoms with E-state index in [1.807, 2.05) is 0 Å². The highest BCUT2D eigenvalue weighted by Gasteiger charge is 2.55. The molecule has 4 aliphatic carbocycles. The summed E-state index contributed by atoms with van der Waals surface area (Å²) in [6, 6.07) is 0. The van der Waals surface area contributed by atoms with Crippen molar-refractivity contribution in [2.45, 2.75) is 44.1 Å². The van der Waals surface area contributed by atoms with Crippen molar-refractivity contribution in [3.05, 3.63) is 0 Å². The zero-order chi connectivity index (χ0) is 9.10. The number of hydrogen-bond acceptors (Lipinski definition) is 1.